The molecule has 0 amide bonds. The molecule has 0 unspecified atom stereocenters. The molecule has 1 saturated heterocycles. The summed E-state index contributed by atoms with van der Waals surface area (Å²) in [6, 6.07) is 1.96. The highest BCUT2D eigenvalue weighted by Crippen LogP contribution is 2.23. The second kappa shape index (κ2) is 6.22. The van der Waals surface area contributed by atoms with Gasteiger partial charge >= 0.3 is 0 Å². The van der Waals surface area contributed by atoms with Crippen LogP contribution < -0.4 is 4.74 Å². The van der Waals surface area contributed by atoms with Gasteiger partial charge in [0.05, 0.1) is 12.5 Å². The van der Waals surface area contributed by atoms with Gasteiger partial charge in [-0.2, -0.15) is 0 Å². The van der Waals surface area contributed by atoms with Gasteiger partial charge in [-0.15, -0.1) is 11.6 Å². The molecule has 3 nitrogen and oxygen atoms in total. The third kappa shape index (κ3) is 3.58. The van der Waals surface area contributed by atoms with E-state index in [1.165, 1.54) is 0 Å². The number of nitrogens with zero attached hydrogens (tertiary/aromatic N) is 1. The Morgan fingerprint density at radius 2 is 2.24 bits per heavy atom. The fraction of sp³-hybridized carbons (Fsp3) is 0.615. The molecule has 2 rings (SSSR count). The maximum Gasteiger partial charge on any atom is 0.127 e. The van der Waals surface area contributed by atoms with E-state index in [9.17, 15) is 0 Å². The van der Waals surface area contributed by atoms with E-state index in [4.69, 9.17) is 21.1 Å². The second-order valence-corrected chi connectivity index (χ2v) is 4.70. The average molecular weight is 256 g/mol. The van der Waals surface area contributed by atoms with Crippen LogP contribution in [0.4, 0.5) is 0 Å². The summed E-state index contributed by atoms with van der Waals surface area (Å²) in [6.45, 7) is 4.41. The van der Waals surface area contributed by atoms with Crippen molar-refractivity contribution in [1.82, 2.24) is 4.98 Å². The first-order chi connectivity index (χ1) is 8.29. The van der Waals surface area contributed by atoms with Crippen LogP contribution in [0.3, 0.4) is 0 Å². The Labute approximate surface area is 107 Å². The molecule has 0 saturated carbocycles. The predicted octanol–water partition coefficient (Wildman–Crippen LogP) is 2.93. The van der Waals surface area contributed by atoms with E-state index in [0.717, 1.165) is 49.7 Å². The van der Waals surface area contributed by atoms with Gasteiger partial charge in [0.25, 0.3) is 0 Å². The van der Waals surface area contributed by atoms with E-state index in [-0.39, 0.29) is 0 Å². The molecule has 2 heterocycles. The first-order valence-electron chi connectivity index (χ1n) is 6.01. The molecule has 0 spiro atoms. The van der Waals surface area contributed by atoms with Crippen molar-refractivity contribution in [2.45, 2.75) is 25.6 Å². The van der Waals surface area contributed by atoms with Crippen molar-refractivity contribution >= 4 is 11.6 Å². The number of ether oxygens (including phenoxy) is 2. The zero-order valence-electron chi connectivity index (χ0n) is 10.1. The minimum Gasteiger partial charge on any atom is -0.493 e. The van der Waals surface area contributed by atoms with Crippen molar-refractivity contribution in [2.24, 2.45) is 5.92 Å². The summed E-state index contributed by atoms with van der Waals surface area (Å²) < 4.78 is 11.2. The summed E-state index contributed by atoms with van der Waals surface area (Å²) in [5, 5.41) is 0. The van der Waals surface area contributed by atoms with Crippen molar-refractivity contribution in [3.8, 4) is 5.75 Å². The SMILES string of the molecule is Cc1cc(OCC2CCOCC2)c(CCl)cn1. The largest absolute Gasteiger partial charge is 0.493 e. The van der Waals surface area contributed by atoms with Crippen molar-refractivity contribution < 1.29 is 9.47 Å². The molecule has 0 N–H and O–H groups in total. The normalized spacial score (nSPS) is 17.1. The fourth-order valence-corrected chi connectivity index (χ4v) is 2.12. The summed E-state index contributed by atoms with van der Waals surface area (Å²) in [6.07, 6.45) is 3.96. The molecule has 4 heteroatoms. The van der Waals surface area contributed by atoms with Crippen LogP contribution in [-0.2, 0) is 10.6 Å². The predicted molar refractivity (Wildman–Crippen MR) is 67.6 cm³/mol. The lowest BCUT2D eigenvalue weighted by molar-refractivity contribution is 0.0496. The number of aromatic nitrogens is 1. The minimum atomic E-state index is 0.441. The molecule has 0 radical (unpaired) electrons. The van der Waals surface area contributed by atoms with Gasteiger partial charge in [0.1, 0.15) is 5.75 Å². The highest BCUT2D eigenvalue weighted by Gasteiger charge is 2.15. The molecular formula is C13H18ClNO2. The smallest absolute Gasteiger partial charge is 0.127 e. The molecule has 17 heavy (non-hydrogen) atoms. The highest BCUT2D eigenvalue weighted by atomic mass is 35.5. The lowest BCUT2D eigenvalue weighted by Crippen LogP contribution is -2.21. The van der Waals surface area contributed by atoms with Crippen LogP contribution in [0.2, 0.25) is 0 Å². The van der Waals surface area contributed by atoms with Crippen molar-refractivity contribution in [3.63, 3.8) is 0 Å². The summed E-state index contributed by atoms with van der Waals surface area (Å²) in [7, 11) is 0. The van der Waals surface area contributed by atoms with Gasteiger partial charge in [0, 0.05) is 36.7 Å². The third-order valence-corrected chi connectivity index (χ3v) is 3.33. The molecular weight excluding hydrogens is 238 g/mol. The van der Waals surface area contributed by atoms with Gasteiger partial charge in [0.2, 0.25) is 0 Å². The Morgan fingerprint density at radius 1 is 1.47 bits per heavy atom. The average Bonchev–Trinajstić information content (AvgIpc) is 2.38. The van der Waals surface area contributed by atoms with Crippen molar-refractivity contribution in [3.05, 3.63) is 23.5 Å². The van der Waals surface area contributed by atoms with Gasteiger partial charge in [-0.1, -0.05) is 0 Å². The van der Waals surface area contributed by atoms with Gasteiger partial charge in [-0.3, -0.25) is 4.98 Å². The van der Waals surface area contributed by atoms with Crippen LogP contribution >= 0.6 is 11.6 Å². The minimum absolute atomic E-state index is 0.441. The number of hydrogen-bond donors (Lipinski definition) is 0. The summed E-state index contributed by atoms with van der Waals surface area (Å²) in [4.78, 5) is 4.22. The van der Waals surface area contributed by atoms with Crippen LogP contribution in [-0.4, -0.2) is 24.8 Å². The zero-order chi connectivity index (χ0) is 12.1. The molecule has 0 atom stereocenters. The van der Waals surface area contributed by atoms with Crippen molar-refractivity contribution in [2.75, 3.05) is 19.8 Å². The highest BCUT2D eigenvalue weighted by molar-refractivity contribution is 6.17. The topological polar surface area (TPSA) is 31.4 Å². The number of aryl methyl sites for hydroxylation is 1. The molecule has 1 aromatic heterocycles. The van der Waals surface area contributed by atoms with E-state index in [2.05, 4.69) is 4.98 Å². The number of alkyl halides is 1. The fourth-order valence-electron chi connectivity index (χ4n) is 1.92. The van der Waals surface area contributed by atoms with Crippen LogP contribution in [0.25, 0.3) is 0 Å². The van der Waals surface area contributed by atoms with Gasteiger partial charge in [-0.25, -0.2) is 0 Å². The number of pyridine rings is 1. The second-order valence-electron chi connectivity index (χ2n) is 4.43. The lowest BCUT2D eigenvalue weighted by atomic mass is 10.0. The molecule has 1 aliphatic rings. The molecule has 1 aliphatic heterocycles. The Hall–Kier alpha value is -0.800. The number of rotatable bonds is 4. The monoisotopic (exact) mass is 255 g/mol. The lowest BCUT2D eigenvalue weighted by Gasteiger charge is -2.22. The first kappa shape index (κ1) is 12.7. The van der Waals surface area contributed by atoms with E-state index >= 15 is 0 Å². The van der Waals surface area contributed by atoms with Gasteiger partial charge in [-0.05, 0) is 25.7 Å². The van der Waals surface area contributed by atoms with E-state index in [1.54, 1.807) is 6.20 Å². The zero-order valence-corrected chi connectivity index (χ0v) is 10.9. The Bertz CT molecular complexity index is 364. The molecule has 0 aromatic carbocycles. The Morgan fingerprint density at radius 3 is 2.94 bits per heavy atom. The standard InChI is InChI=1S/C13H18ClNO2/c1-10-6-13(12(7-14)8-15-10)17-9-11-2-4-16-5-3-11/h6,8,11H,2-5,7,9H2,1H3. The molecule has 1 aromatic rings. The summed E-state index contributed by atoms with van der Waals surface area (Å²) in [5.74, 6) is 1.91. The van der Waals surface area contributed by atoms with Crippen LogP contribution in [0.1, 0.15) is 24.1 Å². The Kier molecular flexibility index (Phi) is 4.63. The van der Waals surface area contributed by atoms with E-state index < -0.39 is 0 Å². The molecule has 0 aliphatic carbocycles. The van der Waals surface area contributed by atoms with E-state index in [1.807, 2.05) is 13.0 Å². The summed E-state index contributed by atoms with van der Waals surface area (Å²) in [5.41, 5.74) is 1.92. The van der Waals surface area contributed by atoms with Crippen molar-refractivity contribution in [1.29, 1.82) is 0 Å². The maximum atomic E-state index is 5.87. The molecule has 94 valence electrons. The van der Waals surface area contributed by atoms with Crippen LogP contribution in [0, 0.1) is 12.8 Å². The van der Waals surface area contributed by atoms with Crippen LogP contribution in [0.5, 0.6) is 5.75 Å². The maximum absolute atomic E-state index is 5.87. The number of hydrogen-bond acceptors (Lipinski definition) is 3. The van der Waals surface area contributed by atoms with E-state index in [0.29, 0.717) is 11.8 Å². The summed E-state index contributed by atoms with van der Waals surface area (Å²) >= 11 is 5.87. The molecule has 0 bridgehead atoms. The van der Waals surface area contributed by atoms with Crippen LogP contribution in [0.15, 0.2) is 12.3 Å². The van der Waals surface area contributed by atoms with Gasteiger partial charge < -0.3 is 9.47 Å². The quantitative estimate of drug-likeness (QED) is 0.776. The number of halogens is 1. The molecule has 1 fully saturated rings. The third-order valence-electron chi connectivity index (χ3n) is 3.04. The van der Waals surface area contributed by atoms with Gasteiger partial charge in [0.15, 0.2) is 0 Å². The Balaban J connectivity index is 1.95. The first-order valence-corrected chi connectivity index (χ1v) is 6.55.